The van der Waals surface area contributed by atoms with Crippen molar-refractivity contribution in [1.29, 1.82) is 0 Å². The average molecular weight is 881 g/mol. The Labute approximate surface area is 399 Å². The number of para-hydroxylation sites is 2. The lowest BCUT2D eigenvalue weighted by molar-refractivity contribution is 0.755. The van der Waals surface area contributed by atoms with Crippen LogP contribution in [0.5, 0.6) is 0 Å². The van der Waals surface area contributed by atoms with Crippen molar-refractivity contribution in [1.82, 2.24) is 29.7 Å². The third kappa shape index (κ3) is 6.45. The number of aromatic nitrogens is 6. The fourth-order valence-electron chi connectivity index (χ4n) is 11.0. The first-order valence-electron chi connectivity index (χ1n) is 23.5. The van der Waals surface area contributed by atoms with Crippen molar-refractivity contribution in [2.45, 2.75) is 11.8 Å². The third-order valence-electron chi connectivity index (χ3n) is 14.2. The summed E-state index contributed by atoms with van der Waals surface area (Å²) in [5.41, 5.74) is 21.2. The summed E-state index contributed by atoms with van der Waals surface area (Å²) in [4.78, 5) is 15.2. The molecule has 322 valence electrons. The summed E-state index contributed by atoms with van der Waals surface area (Å²) in [7, 11) is 0. The first kappa shape index (κ1) is 39.1. The number of fused-ring (bicyclic) bond motifs is 3. The smallest absolute Gasteiger partial charge is 0.164 e. The molecule has 0 fully saturated rings. The maximum atomic E-state index is 5.13. The van der Waals surface area contributed by atoms with Crippen LogP contribution in [-0.4, -0.2) is 29.7 Å². The van der Waals surface area contributed by atoms with Crippen LogP contribution in [0, 0.1) is 0 Å². The Balaban J connectivity index is 0.794. The Bertz CT molecular complexity index is 3940. The summed E-state index contributed by atoms with van der Waals surface area (Å²) in [5, 5.41) is 11.0. The largest absolute Gasteiger partial charge is 0.309 e. The van der Waals surface area contributed by atoms with Crippen LogP contribution in [0.3, 0.4) is 0 Å². The Morgan fingerprint density at radius 2 is 0.768 bits per heavy atom. The van der Waals surface area contributed by atoms with Crippen LogP contribution in [0.2, 0.25) is 0 Å². The van der Waals surface area contributed by atoms with E-state index in [1.165, 1.54) is 60.8 Å². The molecule has 9 aromatic carbocycles. The molecule has 2 unspecified atom stereocenters. The second-order valence-electron chi connectivity index (χ2n) is 18.0. The monoisotopic (exact) mass is 880 g/mol. The molecule has 2 bridgehead atoms. The highest BCUT2D eigenvalue weighted by Crippen LogP contribution is 2.56. The highest BCUT2D eigenvalue weighted by atomic mass is 15.1. The van der Waals surface area contributed by atoms with Gasteiger partial charge < -0.3 is 4.57 Å². The molecule has 0 aliphatic heterocycles. The molecule has 0 N–H and O–H groups in total. The minimum absolute atomic E-state index is 0.150. The summed E-state index contributed by atoms with van der Waals surface area (Å²) in [6.07, 6.45) is 1.72. The van der Waals surface area contributed by atoms with Crippen molar-refractivity contribution in [3.63, 3.8) is 0 Å². The molecule has 69 heavy (non-hydrogen) atoms. The van der Waals surface area contributed by atoms with Crippen LogP contribution in [0.25, 0.3) is 95.2 Å². The van der Waals surface area contributed by atoms with E-state index < -0.39 is 0 Å². The number of hydrogen-bond donors (Lipinski definition) is 0. The molecule has 3 aliphatic carbocycles. The SMILES string of the molecule is c1ccc(-c2nc(-c3ccc(-c4ccc5c(c4)C4c6ccccc6C5c5cc(-c6cccnn6)ccc54)cc3)nc(-c3ccc(-c4ccc5c(c4)c4ccccc4n5-c4ccccc4)cc3)n2)cc1. The van der Waals surface area contributed by atoms with Crippen LogP contribution in [0.4, 0.5) is 0 Å². The molecule has 0 saturated heterocycles. The van der Waals surface area contributed by atoms with Crippen molar-refractivity contribution in [2.24, 2.45) is 0 Å². The Hall–Kier alpha value is -9.13. The van der Waals surface area contributed by atoms with E-state index in [0.29, 0.717) is 17.5 Å². The summed E-state index contributed by atoms with van der Waals surface area (Å²) in [6, 6.07) is 80.3. The zero-order valence-corrected chi connectivity index (χ0v) is 37.3. The molecule has 2 atom stereocenters. The molecule has 3 heterocycles. The van der Waals surface area contributed by atoms with E-state index in [0.717, 1.165) is 50.3 Å². The van der Waals surface area contributed by atoms with Crippen molar-refractivity contribution >= 4 is 21.8 Å². The van der Waals surface area contributed by atoms with Crippen LogP contribution in [0.15, 0.2) is 231 Å². The van der Waals surface area contributed by atoms with E-state index in [2.05, 4.69) is 209 Å². The summed E-state index contributed by atoms with van der Waals surface area (Å²) in [6.45, 7) is 0. The maximum absolute atomic E-state index is 5.13. The molecule has 0 amide bonds. The van der Waals surface area contributed by atoms with Crippen LogP contribution in [-0.2, 0) is 0 Å². The van der Waals surface area contributed by atoms with Gasteiger partial charge in [-0.15, -0.1) is 0 Å². The van der Waals surface area contributed by atoms with Gasteiger partial charge in [0.25, 0.3) is 0 Å². The fourth-order valence-corrected chi connectivity index (χ4v) is 11.0. The van der Waals surface area contributed by atoms with E-state index in [1.54, 1.807) is 6.20 Å². The summed E-state index contributed by atoms with van der Waals surface area (Å²) < 4.78 is 2.35. The summed E-state index contributed by atoms with van der Waals surface area (Å²) in [5.74, 6) is 2.20. The van der Waals surface area contributed by atoms with Gasteiger partial charge in [0.15, 0.2) is 17.5 Å². The molecule has 3 aliphatic rings. The van der Waals surface area contributed by atoms with Crippen molar-refractivity contribution in [2.75, 3.05) is 0 Å². The number of nitrogens with zero attached hydrogens (tertiary/aromatic N) is 6. The topological polar surface area (TPSA) is 69.4 Å². The fraction of sp³-hybridized carbons (Fsp3) is 0.0317. The second-order valence-corrected chi connectivity index (χ2v) is 18.0. The van der Waals surface area contributed by atoms with Crippen LogP contribution in [0.1, 0.15) is 45.2 Å². The van der Waals surface area contributed by atoms with Crippen molar-refractivity contribution in [3.05, 3.63) is 264 Å². The highest BCUT2D eigenvalue weighted by molar-refractivity contribution is 6.10. The second kappa shape index (κ2) is 15.8. The molecule has 12 aromatic rings. The van der Waals surface area contributed by atoms with Gasteiger partial charge in [-0.1, -0.05) is 170 Å². The molecule has 3 aromatic heterocycles. The van der Waals surface area contributed by atoms with Gasteiger partial charge in [0.2, 0.25) is 0 Å². The molecular formula is C63H40N6. The Kier molecular flexibility index (Phi) is 8.92. The van der Waals surface area contributed by atoms with Crippen LogP contribution >= 0.6 is 0 Å². The number of benzene rings is 9. The van der Waals surface area contributed by atoms with E-state index in [-0.39, 0.29) is 11.8 Å². The molecule has 15 rings (SSSR count). The van der Waals surface area contributed by atoms with Gasteiger partial charge in [-0.3, -0.25) is 0 Å². The van der Waals surface area contributed by atoms with Crippen molar-refractivity contribution in [3.8, 4) is 73.4 Å². The summed E-state index contributed by atoms with van der Waals surface area (Å²) >= 11 is 0. The Morgan fingerprint density at radius 3 is 1.39 bits per heavy atom. The van der Waals surface area contributed by atoms with Gasteiger partial charge in [0.05, 0.1) is 16.7 Å². The zero-order valence-electron chi connectivity index (χ0n) is 37.3. The van der Waals surface area contributed by atoms with Gasteiger partial charge in [0.1, 0.15) is 0 Å². The van der Waals surface area contributed by atoms with E-state index >= 15 is 0 Å². The molecule has 0 radical (unpaired) electrons. The molecular weight excluding hydrogens is 841 g/mol. The predicted molar refractivity (Wildman–Crippen MR) is 277 cm³/mol. The molecule has 0 spiro atoms. The normalized spacial score (nSPS) is 14.4. The van der Waals surface area contributed by atoms with E-state index in [1.807, 2.05) is 30.3 Å². The Morgan fingerprint density at radius 1 is 0.304 bits per heavy atom. The lowest BCUT2D eigenvalue weighted by Gasteiger charge is -2.42. The zero-order chi connectivity index (χ0) is 45.4. The van der Waals surface area contributed by atoms with Crippen LogP contribution < -0.4 is 0 Å². The van der Waals surface area contributed by atoms with Gasteiger partial charge in [-0.25, -0.2) is 15.0 Å². The van der Waals surface area contributed by atoms with Gasteiger partial charge in [-0.2, -0.15) is 10.2 Å². The van der Waals surface area contributed by atoms with E-state index in [9.17, 15) is 0 Å². The van der Waals surface area contributed by atoms with Gasteiger partial charge in [0, 0.05) is 56.7 Å². The quantitative estimate of drug-likeness (QED) is 0.159. The molecule has 6 nitrogen and oxygen atoms in total. The van der Waals surface area contributed by atoms with Gasteiger partial charge >= 0.3 is 0 Å². The van der Waals surface area contributed by atoms with Crippen molar-refractivity contribution < 1.29 is 0 Å². The highest BCUT2D eigenvalue weighted by Gasteiger charge is 2.41. The van der Waals surface area contributed by atoms with Gasteiger partial charge in [-0.05, 0) is 110 Å². The number of hydrogen-bond acceptors (Lipinski definition) is 5. The standard InChI is InChI=1S/C63H40N6/c1-3-12-41(13-4-1)61-65-62(67-63(66-61)43-27-23-40(24-28-43)45-31-34-58-53(36-45)48-16-9-10-20-57(48)69(58)47-14-5-2-6-15-47)42-25-21-39(22-26-42)44-29-32-51-54(37-44)59-49-17-7-8-18-50(49)60(51)55-38-46(30-33-52(55)59)56-19-11-35-64-68-56/h1-38,59-60H. The van der Waals surface area contributed by atoms with E-state index in [4.69, 9.17) is 15.0 Å². The number of rotatable bonds is 7. The lowest BCUT2D eigenvalue weighted by Crippen LogP contribution is -2.27. The maximum Gasteiger partial charge on any atom is 0.164 e. The molecule has 6 heteroatoms. The predicted octanol–water partition coefficient (Wildman–Crippen LogP) is 14.7. The minimum Gasteiger partial charge on any atom is -0.309 e. The minimum atomic E-state index is 0.150. The molecule has 0 saturated carbocycles. The third-order valence-corrected chi connectivity index (χ3v) is 14.2. The first-order valence-corrected chi connectivity index (χ1v) is 23.5. The lowest BCUT2D eigenvalue weighted by atomic mass is 9.60. The first-order chi connectivity index (χ1) is 34.2. The average Bonchev–Trinajstić information content (AvgIpc) is 3.77.